The van der Waals surface area contributed by atoms with Crippen LogP contribution in [0.4, 0.5) is 0 Å². The van der Waals surface area contributed by atoms with Crippen LogP contribution in [0, 0.1) is 5.92 Å². The van der Waals surface area contributed by atoms with Crippen LogP contribution in [-0.2, 0) is 11.3 Å². The van der Waals surface area contributed by atoms with Gasteiger partial charge in [0.15, 0.2) is 0 Å². The van der Waals surface area contributed by atoms with E-state index in [-0.39, 0.29) is 5.92 Å². The van der Waals surface area contributed by atoms with Crippen molar-refractivity contribution < 1.29 is 14.6 Å². The highest BCUT2D eigenvalue weighted by Crippen LogP contribution is 2.09. The van der Waals surface area contributed by atoms with E-state index in [1.54, 1.807) is 12.4 Å². The van der Waals surface area contributed by atoms with Crippen molar-refractivity contribution in [1.82, 2.24) is 15.3 Å². The average molecular weight is 253 g/mol. The number of nitrogens with one attached hydrogen (secondary N) is 1. The Morgan fingerprint density at radius 1 is 1.50 bits per heavy atom. The lowest BCUT2D eigenvalue weighted by molar-refractivity contribution is -0.140. The molecule has 0 aliphatic heterocycles. The number of carbonyl (C=O) groups is 1. The number of rotatable bonds is 7. The molecule has 0 aliphatic carbocycles. The zero-order valence-corrected chi connectivity index (χ0v) is 10.9. The minimum atomic E-state index is -0.834. The minimum Gasteiger partial charge on any atom is -0.480 e. The van der Waals surface area contributed by atoms with E-state index in [9.17, 15) is 4.79 Å². The van der Waals surface area contributed by atoms with Gasteiger partial charge >= 0.3 is 12.0 Å². The first-order chi connectivity index (χ1) is 8.58. The Bertz CT molecular complexity index is 381. The van der Waals surface area contributed by atoms with Crippen molar-refractivity contribution in [2.45, 2.75) is 32.9 Å². The molecule has 0 unspecified atom stereocenters. The van der Waals surface area contributed by atoms with Crippen LogP contribution in [0.5, 0.6) is 6.01 Å². The van der Waals surface area contributed by atoms with Crippen molar-refractivity contribution >= 4 is 5.97 Å². The van der Waals surface area contributed by atoms with Crippen molar-refractivity contribution in [2.24, 2.45) is 5.92 Å². The molecule has 0 radical (unpaired) electrons. The molecule has 1 heterocycles. The normalized spacial score (nSPS) is 13.9. The second kappa shape index (κ2) is 6.90. The molecule has 0 bridgehead atoms. The summed E-state index contributed by atoms with van der Waals surface area (Å²) in [6, 6.07) is -0.257. The second-order valence-electron chi connectivity index (χ2n) is 4.16. The zero-order chi connectivity index (χ0) is 13.5. The Hall–Kier alpha value is -1.69. The molecule has 0 aliphatic rings. The van der Waals surface area contributed by atoms with Crippen LogP contribution in [-0.4, -0.2) is 34.2 Å². The SMILES string of the molecule is CC[C@H](C)[C@@H](NCc1cnc(OC)nc1)C(=O)O. The number of hydrogen-bond acceptors (Lipinski definition) is 5. The van der Waals surface area contributed by atoms with Gasteiger partial charge in [-0.15, -0.1) is 0 Å². The number of aromatic nitrogens is 2. The van der Waals surface area contributed by atoms with Crippen molar-refractivity contribution in [3.05, 3.63) is 18.0 Å². The van der Waals surface area contributed by atoms with Gasteiger partial charge in [-0.25, -0.2) is 9.97 Å². The maximum atomic E-state index is 11.1. The number of carboxylic acid groups (broad SMARTS) is 1. The number of carboxylic acids is 1. The largest absolute Gasteiger partial charge is 0.480 e. The molecule has 100 valence electrons. The summed E-state index contributed by atoms with van der Waals surface area (Å²) in [5, 5.41) is 12.1. The first kappa shape index (κ1) is 14.4. The van der Waals surface area contributed by atoms with Crippen molar-refractivity contribution in [3.8, 4) is 6.01 Å². The van der Waals surface area contributed by atoms with Gasteiger partial charge in [0.05, 0.1) is 7.11 Å². The Kier molecular flexibility index (Phi) is 5.51. The van der Waals surface area contributed by atoms with E-state index in [0.717, 1.165) is 12.0 Å². The van der Waals surface area contributed by atoms with E-state index in [1.807, 2.05) is 13.8 Å². The molecule has 2 N–H and O–H groups in total. The smallest absolute Gasteiger partial charge is 0.320 e. The fraction of sp³-hybridized carbons (Fsp3) is 0.583. The lowest BCUT2D eigenvalue weighted by atomic mass is 9.99. The molecule has 1 aromatic rings. The Labute approximate surface area is 106 Å². The molecule has 0 spiro atoms. The van der Waals surface area contributed by atoms with Crippen LogP contribution >= 0.6 is 0 Å². The van der Waals surface area contributed by atoms with Gasteiger partial charge in [-0.3, -0.25) is 10.1 Å². The fourth-order valence-electron chi connectivity index (χ4n) is 1.54. The van der Waals surface area contributed by atoms with Gasteiger partial charge < -0.3 is 9.84 Å². The standard InChI is InChI=1S/C12H19N3O3/c1-4-8(2)10(11(16)17)13-5-9-6-14-12(18-3)15-7-9/h6-8,10,13H,4-5H2,1-3H3,(H,16,17)/t8-,10+/m0/s1. The van der Waals surface area contributed by atoms with E-state index in [0.29, 0.717) is 12.6 Å². The van der Waals surface area contributed by atoms with Gasteiger partial charge in [0.25, 0.3) is 0 Å². The first-order valence-electron chi connectivity index (χ1n) is 5.89. The van der Waals surface area contributed by atoms with Crippen molar-refractivity contribution in [1.29, 1.82) is 0 Å². The second-order valence-corrected chi connectivity index (χ2v) is 4.16. The van der Waals surface area contributed by atoms with Crippen LogP contribution in [0.2, 0.25) is 0 Å². The lowest BCUT2D eigenvalue weighted by Gasteiger charge is -2.20. The van der Waals surface area contributed by atoms with E-state index >= 15 is 0 Å². The monoisotopic (exact) mass is 253 g/mol. The zero-order valence-electron chi connectivity index (χ0n) is 10.9. The Balaban J connectivity index is 2.58. The molecular weight excluding hydrogens is 234 g/mol. The third-order valence-corrected chi connectivity index (χ3v) is 2.87. The molecular formula is C12H19N3O3. The van der Waals surface area contributed by atoms with Crippen molar-refractivity contribution in [2.75, 3.05) is 7.11 Å². The lowest BCUT2D eigenvalue weighted by Crippen LogP contribution is -2.41. The number of hydrogen-bond donors (Lipinski definition) is 2. The van der Waals surface area contributed by atoms with Crippen LogP contribution in [0.25, 0.3) is 0 Å². The Morgan fingerprint density at radius 2 is 2.11 bits per heavy atom. The van der Waals surface area contributed by atoms with Gasteiger partial charge in [-0.05, 0) is 5.92 Å². The van der Waals surface area contributed by atoms with E-state index < -0.39 is 12.0 Å². The molecule has 1 aromatic heterocycles. The maximum absolute atomic E-state index is 11.1. The number of methoxy groups -OCH3 is 1. The third-order valence-electron chi connectivity index (χ3n) is 2.87. The molecule has 6 nitrogen and oxygen atoms in total. The molecule has 18 heavy (non-hydrogen) atoms. The van der Waals surface area contributed by atoms with Crippen LogP contribution < -0.4 is 10.1 Å². The molecule has 0 aromatic carbocycles. The summed E-state index contributed by atoms with van der Waals surface area (Å²) >= 11 is 0. The fourth-order valence-corrected chi connectivity index (χ4v) is 1.54. The van der Waals surface area contributed by atoms with E-state index in [4.69, 9.17) is 9.84 Å². The summed E-state index contributed by atoms with van der Waals surface area (Å²) in [5.41, 5.74) is 0.824. The third kappa shape index (κ3) is 3.96. The predicted octanol–water partition coefficient (Wildman–Crippen LogP) is 1.07. The highest BCUT2D eigenvalue weighted by molar-refractivity contribution is 5.73. The molecule has 6 heteroatoms. The summed E-state index contributed by atoms with van der Waals surface area (Å²) in [6.07, 6.45) is 4.05. The summed E-state index contributed by atoms with van der Waals surface area (Å²) in [5.74, 6) is -0.763. The van der Waals surface area contributed by atoms with Gasteiger partial charge in [0.1, 0.15) is 6.04 Å². The summed E-state index contributed by atoms with van der Waals surface area (Å²) in [6.45, 7) is 4.31. The predicted molar refractivity (Wildman–Crippen MR) is 66.3 cm³/mol. The van der Waals surface area contributed by atoms with Gasteiger partial charge in [0.2, 0.25) is 0 Å². The van der Waals surface area contributed by atoms with Crippen molar-refractivity contribution in [3.63, 3.8) is 0 Å². The summed E-state index contributed by atoms with van der Waals surface area (Å²) in [4.78, 5) is 19.0. The van der Waals surface area contributed by atoms with Gasteiger partial charge in [-0.2, -0.15) is 0 Å². The highest BCUT2D eigenvalue weighted by Gasteiger charge is 2.22. The summed E-state index contributed by atoms with van der Waals surface area (Å²) < 4.78 is 4.85. The molecule has 0 fully saturated rings. The van der Waals surface area contributed by atoms with Crippen LogP contribution in [0.15, 0.2) is 12.4 Å². The molecule has 0 saturated carbocycles. The quantitative estimate of drug-likeness (QED) is 0.756. The number of aliphatic carboxylic acids is 1. The minimum absolute atomic E-state index is 0.0710. The van der Waals surface area contributed by atoms with Gasteiger partial charge in [0, 0.05) is 24.5 Å². The molecule has 1 rings (SSSR count). The Morgan fingerprint density at radius 3 is 2.56 bits per heavy atom. The van der Waals surface area contributed by atoms with E-state index in [2.05, 4.69) is 15.3 Å². The van der Waals surface area contributed by atoms with Crippen LogP contribution in [0.3, 0.4) is 0 Å². The maximum Gasteiger partial charge on any atom is 0.320 e. The molecule has 2 atom stereocenters. The highest BCUT2D eigenvalue weighted by atomic mass is 16.5. The van der Waals surface area contributed by atoms with Crippen LogP contribution in [0.1, 0.15) is 25.8 Å². The van der Waals surface area contributed by atoms with Gasteiger partial charge in [-0.1, -0.05) is 20.3 Å². The number of nitrogens with zero attached hydrogens (tertiary/aromatic N) is 2. The first-order valence-corrected chi connectivity index (χ1v) is 5.89. The topological polar surface area (TPSA) is 84.3 Å². The van der Waals surface area contributed by atoms with E-state index in [1.165, 1.54) is 7.11 Å². The summed E-state index contributed by atoms with van der Waals surface area (Å²) in [7, 11) is 1.50. The number of ether oxygens (including phenoxy) is 1. The molecule has 0 saturated heterocycles. The molecule has 0 amide bonds. The average Bonchev–Trinajstić information content (AvgIpc) is 2.39.